The number of fused-ring (bicyclic) bond motifs is 3. The van der Waals surface area contributed by atoms with Crippen molar-refractivity contribution in [3.8, 4) is 0 Å². The fourth-order valence-electron chi connectivity index (χ4n) is 6.74. The maximum absolute atomic E-state index is 14.1. The smallest absolute Gasteiger partial charge is 0.325 e. The molecule has 1 aromatic heterocycles. The summed E-state index contributed by atoms with van der Waals surface area (Å²) in [5.41, 5.74) is -0.301. The summed E-state index contributed by atoms with van der Waals surface area (Å²) in [6, 6.07) is 15.6. The van der Waals surface area contributed by atoms with Crippen molar-refractivity contribution >= 4 is 46.4 Å². The van der Waals surface area contributed by atoms with Crippen LogP contribution >= 0.6 is 11.3 Å². The number of amides is 2. The Bertz CT molecular complexity index is 1960. The first-order valence-electron chi connectivity index (χ1n) is 13.9. The number of non-ortho nitro benzene ring substituents is 1. The molecule has 2 aliphatic heterocycles. The number of thiazole rings is 1. The zero-order chi connectivity index (χ0) is 31.6. The third-order valence-electron chi connectivity index (χ3n) is 8.80. The van der Waals surface area contributed by atoms with Gasteiger partial charge in [0.05, 0.1) is 29.3 Å². The van der Waals surface area contributed by atoms with Crippen molar-refractivity contribution in [1.29, 1.82) is 0 Å². The van der Waals surface area contributed by atoms with E-state index in [-0.39, 0.29) is 46.9 Å². The van der Waals surface area contributed by atoms with Crippen LogP contribution in [0.15, 0.2) is 78.3 Å². The van der Waals surface area contributed by atoms with Crippen molar-refractivity contribution in [3.05, 3.63) is 127 Å². The van der Waals surface area contributed by atoms with Crippen LogP contribution in [-0.2, 0) is 27.3 Å². The SMILES string of the molecule is O=C1c2ccccc2C(=O)c2cc(CN3C(=O)C4C(c5nccs5)NC(Cc5ccc([N+](=O)[O-])cc5)(C(=O)O)C4C3=O)ccc21. The maximum Gasteiger partial charge on any atom is 0.325 e. The van der Waals surface area contributed by atoms with E-state index in [9.17, 15) is 39.2 Å². The summed E-state index contributed by atoms with van der Waals surface area (Å²) in [6.07, 6.45) is 1.29. The Balaban J connectivity index is 1.25. The molecule has 7 rings (SSSR count). The molecule has 12 nitrogen and oxygen atoms in total. The second-order valence-electron chi connectivity index (χ2n) is 11.2. The van der Waals surface area contributed by atoms with Gasteiger partial charge in [-0.2, -0.15) is 0 Å². The Hall–Kier alpha value is -5.40. The lowest BCUT2D eigenvalue weighted by Crippen LogP contribution is -2.57. The largest absolute Gasteiger partial charge is 0.480 e. The average Bonchev–Trinajstić information content (AvgIpc) is 3.75. The number of hydrogen-bond donors (Lipinski definition) is 2. The van der Waals surface area contributed by atoms with E-state index in [1.165, 1.54) is 53.9 Å². The number of nitrogens with one attached hydrogen (secondary N) is 1. The first-order chi connectivity index (χ1) is 21.6. The highest BCUT2D eigenvalue weighted by Gasteiger charge is 2.68. The molecule has 2 N–H and O–H groups in total. The molecule has 4 aromatic rings. The van der Waals surface area contributed by atoms with Gasteiger partial charge in [0.2, 0.25) is 11.8 Å². The molecular formula is C32H22N4O8S. The minimum absolute atomic E-state index is 0.163. The number of nitro groups is 1. The number of imide groups is 1. The summed E-state index contributed by atoms with van der Waals surface area (Å²) in [4.78, 5) is 83.4. The summed E-state index contributed by atoms with van der Waals surface area (Å²) in [5.74, 6) is -5.70. The van der Waals surface area contributed by atoms with Crippen molar-refractivity contribution in [1.82, 2.24) is 15.2 Å². The number of ketones is 2. The minimum Gasteiger partial charge on any atom is -0.480 e. The van der Waals surface area contributed by atoms with Crippen molar-refractivity contribution in [2.24, 2.45) is 11.8 Å². The molecule has 3 aromatic carbocycles. The summed E-state index contributed by atoms with van der Waals surface area (Å²) >= 11 is 1.22. The van der Waals surface area contributed by atoms with Crippen molar-refractivity contribution in [2.75, 3.05) is 0 Å². The molecule has 224 valence electrons. The van der Waals surface area contributed by atoms with Crippen LogP contribution in [0.1, 0.15) is 54.0 Å². The van der Waals surface area contributed by atoms with Crippen molar-refractivity contribution in [2.45, 2.75) is 24.5 Å². The zero-order valence-corrected chi connectivity index (χ0v) is 24.0. The Labute approximate surface area is 258 Å². The minimum atomic E-state index is -1.93. The molecule has 1 aliphatic carbocycles. The van der Waals surface area contributed by atoms with Crippen LogP contribution in [-0.4, -0.2) is 54.8 Å². The van der Waals surface area contributed by atoms with Crippen LogP contribution in [0, 0.1) is 22.0 Å². The van der Waals surface area contributed by atoms with E-state index in [2.05, 4.69) is 10.3 Å². The molecule has 0 spiro atoms. The molecular weight excluding hydrogens is 600 g/mol. The zero-order valence-electron chi connectivity index (χ0n) is 23.2. The number of nitrogens with zero attached hydrogens (tertiary/aromatic N) is 3. The van der Waals surface area contributed by atoms with E-state index >= 15 is 0 Å². The summed E-state index contributed by atoms with van der Waals surface area (Å²) in [7, 11) is 0. The lowest BCUT2D eigenvalue weighted by atomic mass is 9.76. The molecule has 3 heterocycles. The van der Waals surface area contributed by atoms with Gasteiger partial charge in [-0.1, -0.05) is 42.5 Å². The molecule has 0 saturated carbocycles. The Morgan fingerprint density at radius 1 is 0.933 bits per heavy atom. The quantitative estimate of drug-likeness (QED) is 0.155. The van der Waals surface area contributed by atoms with Gasteiger partial charge in [0, 0.05) is 52.4 Å². The van der Waals surface area contributed by atoms with Gasteiger partial charge in [0.1, 0.15) is 10.5 Å². The summed E-state index contributed by atoms with van der Waals surface area (Å²) in [6.45, 7) is -0.237. The molecule has 4 atom stereocenters. The summed E-state index contributed by atoms with van der Waals surface area (Å²) in [5, 5.41) is 27.0. The van der Waals surface area contributed by atoms with Crippen LogP contribution in [0.2, 0.25) is 0 Å². The lowest BCUT2D eigenvalue weighted by molar-refractivity contribution is -0.384. The Morgan fingerprint density at radius 3 is 2.20 bits per heavy atom. The number of likely N-dealkylation sites (tertiary alicyclic amines) is 1. The number of carboxylic acid groups (broad SMARTS) is 1. The first kappa shape index (κ1) is 28.4. The lowest BCUT2D eigenvalue weighted by Gasteiger charge is -2.31. The second-order valence-corrected chi connectivity index (χ2v) is 12.1. The third-order valence-corrected chi connectivity index (χ3v) is 9.66. The number of nitro benzene ring substituents is 1. The van der Waals surface area contributed by atoms with Gasteiger partial charge in [0.25, 0.3) is 5.69 Å². The second kappa shape index (κ2) is 10.4. The molecule has 0 radical (unpaired) electrons. The van der Waals surface area contributed by atoms with Gasteiger partial charge in [-0.3, -0.25) is 44.3 Å². The number of hydrogen-bond acceptors (Lipinski definition) is 10. The van der Waals surface area contributed by atoms with E-state index in [1.807, 2.05) is 0 Å². The molecule has 4 unspecified atom stereocenters. The monoisotopic (exact) mass is 622 g/mol. The highest BCUT2D eigenvalue weighted by atomic mass is 32.1. The molecule has 0 bridgehead atoms. The molecule has 3 aliphatic rings. The number of carboxylic acids is 1. The van der Waals surface area contributed by atoms with Crippen LogP contribution in [0.25, 0.3) is 0 Å². The molecule has 2 amide bonds. The van der Waals surface area contributed by atoms with Gasteiger partial charge >= 0.3 is 5.97 Å². The maximum atomic E-state index is 14.1. The van der Waals surface area contributed by atoms with Crippen molar-refractivity contribution in [3.63, 3.8) is 0 Å². The van der Waals surface area contributed by atoms with E-state index in [4.69, 9.17) is 0 Å². The molecule has 2 fully saturated rings. The normalized spacial score (nSPS) is 23.6. The van der Waals surface area contributed by atoms with E-state index in [0.717, 1.165) is 4.90 Å². The number of benzene rings is 3. The van der Waals surface area contributed by atoms with Crippen LogP contribution < -0.4 is 5.32 Å². The van der Waals surface area contributed by atoms with E-state index < -0.39 is 46.1 Å². The topological polar surface area (TPSA) is 177 Å². The molecule has 2 saturated heterocycles. The van der Waals surface area contributed by atoms with Gasteiger partial charge in [-0.25, -0.2) is 4.98 Å². The van der Waals surface area contributed by atoms with E-state index in [1.54, 1.807) is 35.7 Å². The number of carbonyl (C=O) groups is 5. The predicted molar refractivity (Wildman–Crippen MR) is 157 cm³/mol. The summed E-state index contributed by atoms with van der Waals surface area (Å²) < 4.78 is 0. The highest BCUT2D eigenvalue weighted by Crippen LogP contribution is 2.50. The number of carbonyl (C=O) groups excluding carboxylic acids is 4. The highest BCUT2D eigenvalue weighted by molar-refractivity contribution is 7.09. The van der Waals surface area contributed by atoms with Gasteiger partial charge in [-0.15, -0.1) is 11.3 Å². The van der Waals surface area contributed by atoms with Crippen LogP contribution in [0.4, 0.5) is 5.69 Å². The van der Waals surface area contributed by atoms with Crippen molar-refractivity contribution < 1.29 is 34.0 Å². The molecule has 45 heavy (non-hydrogen) atoms. The molecule has 13 heteroatoms. The Morgan fingerprint density at radius 2 is 1.58 bits per heavy atom. The average molecular weight is 623 g/mol. The number of rotatable bonds is 7. The number of aromatic nitrogens is 1. The number of aliphatic carboxylic acids is 1. The predicted octanol–water partition coefficient (Wildman–Crippen LogP) is 3.34. The van der Waals surface area contributed by atoms with Gasteiger partial charge < -0.3 is 5.11 Å². The van der Waals surface area contributed by atoms with Crippen LogP contribution in [0.3, 0.4) is 0 Å². The standard InChI is InChI=1S/C32H22N4O8S/c37-26-19-3-1-2-4-20(19)27(38)22-13-17(7-10-21(22)26)15-35-29(39)23-24(30(35)40)32(31(41)42,34-25(23)28-33-11-12-45-28)14-16-5-8-18(9-6-16)36(43)44/h1-13,23-25,34H,14-15H2,(H,41,42). The Kier molecular flexibility index (Phi) is 6.53. The van der Waals surface area contributed by atoms with Gasteiger partial charge in [0.15, 0.2) is 11.6 Å². The first-order valence-corrected chi connectivity index (χ1v) is 14.8. The van der Waals surface area contributed by atoms with Gasteiger partial charge in [-0.05, 0) is 23.3 Å². The van der Waals surface area contributed by atoms with Crippen LogP contribution in [0.5, 0.6) is 0 Å². The van der Waals surface area contributed by atoms with E-state index in [0.29, 0.717) is 21.7 Å². The fraction of sp³-hybridized carbons (Fsp3) is 0.188. The fourth-order valence-corrected chi connectivity index (χ4v) is 7.47. The third kappa shape index (κ3) is 4.30.